The number of nitrogens with one attached hydrogen (secondary N) is 1. The number of hydrogen-bond donors (Lipinski definition) is 1. The molecule has 2 unspecified atom stereocenters. The van der Waals surface area contributed by atoms with E-state index in [4.69, 9.17) is 0 Å². The average Bonchev–Trinajstić information content (AvgIpc) is 2.90. The molecule has 0 bridgehead atoms. The van der Waals surface area contributed by atoms with E-state index in [-0.39, 0.29) is 0 Å². The molecular weight excluding hydrogens is 236 g/mol. The average molecular weight is 266 g/mol. The van der Waals surface area contributed by atoms with Gasteiger partial charge in [0.15, 0.2) is 0 Å². The highest BCUT2D eigenvalue weighted by molar-refractivity contribution is 4.99. The van der Waals surface area contributed by atoms with Crippen LogP contribution >= 0.6 is 0 Å². The first kappa shape index (κ1) is 16.2. The van der Waals surface area contributed by atoms with Crippen molar-refractivity contribution in [1.29, 1.82) is 0 Å². The minimum Gasteiger partial charge on any atom is -0.307 e. The summed E-state index contributed by atoms with van der Waals surface area (Å²) in [7, 11) is 0. The van der Waals surface area contributed by atoms with Crippen molar-refractivity contribution < 1.29 is 0 Å². The van der Waals surface area contributed by atoms with Crippen LogP contribution in [0.2, 0.25) is 0 Å². The lowest BCUT2D eigenvalue weighted by Gasteiger charge is -2.23. The molecule has 1 aromatic rings. The Hall–Kier alpha value is -0.870. The number of rotatable bonds is 9. The Labute approximate surface area is 118 Å². The van der Waals surface area contributed by atoms with Gasteiger partial charge in [0, 0.05) is 31.4 Å². The summed E-state index contributed by atoms with van der Waals surface area (Å²) in [5, 5.41) is 8.16. The van der Waals surface area contributed by atoms with Gasteiger partial charge in [0.25, 0.3) is 0 Å². The van der Waals surface area contributed by atoms with E-state index in [2.05, 4.69) is 66.9 Å². The quantitative estimate of drug-likeness (QED) is 0.746. The van der Waals surface area contributed by atoms with Gasteiger partial charge in [-0.1, -0.05) is 20.8 Å². The summed E-state index contributed by atoms with van der Waals surface area (Å²) >= 11 is 0. The van der Waals surface area contributed by atoms with Crippen LogP contribution in [0.15, 0.2) is 12.3 Å². The number of nitrogens with zero attached hydrogens (tertiary/aromatic N) is 3. The highest BCUT2D eigenvalue weighted by Gasteiger charge is 2.08. The van der Waals surface area contributed by atoms with Gasteiger partial charge in [-0.3, -0.25) is 4.68 Å². The van der Waals surface area contributed by atoms with Gasteiger partial charge >= 0.3 is 0 Å². The molecule has 0 aliphatic carbocycles. The molecule has 0 aliphatic heterocycles. The SMILES string of the molecule is CCC(C)n1ccc(CNC(C)CN(CC)CC)n1. The van der Waals surface area contributed by atoms with E-state index in [1.807, 2.05) is 0 Å². The Morgan fingerprint density at radius 1 is 1.26 bits per heavy atom. The topological polar surface area (TPSA) is 33.1 Å². The number of hydrogen-bond acceptors (Lipinski definition) is 3. The van der Waals surface area contributed by atoms with Crippen molar-refractivity contribution in [2.75, 3.05) is 19.6 Å². The van der Waals surface area contributed by atoms with E-state index >= 15 is 0 Å². The van der Waals surface area contributed by atoms with E-state index in [1.54, 1.807) is 0 Å². The first-order valence-electron chi connectivity index (χ1n) is 7.60. The standard InChI is InChI=1S/C15H30N4/c1-6-14(5)19-10-9-15(17-19)11-16-13(4)12-18(7-2)8-3/h9-10,13-14,16H,6-8,11-12H2,1-5H3. The van der Waals surface area contributed by atoms with Gasteiger partial charge < -0.3 is 10.2 Å². The van der Waals surface area contributed by atoms with Gasteiger partial charge in [0.1, 0.15) is 0 Å². The Morgan fingerprint density at radius 2 is 1.95 bits per heavy atom. The van der Waals surface area contributed by atoms with Crippen molar-refractivity contribution >= 4 is 0 Å². The van der Waals surface area contributed by atoms with Crippen LogP contribution in [0, 0.1) is 0 Å². The fraction of sp³-hybridized carbons (Fsp3) is 0.800. The predicted molar refractivity (Wildman–Crippen MR) is 81.3 cm³/mol. The lowest BCUT2D eigenvalue weighted by atomic mass is 10.3. The van der Waals surface area contributed by atoms with Crippen LogP contribution in [0.25, 0.3) is 0 Å². The molecule has 1 heterocycles. The van der Waals surface area contributed by atoms with Gasteiger partial charge in [-0.25, -0.2) is 0 Å². The molecule has 0 fully saturated rings. The minimum atomic E-state index is 0.488. The molecule has 0 saturated heterocycles. The van der Waals surface area contributed by atoms with Gasteiger partial charge in [-0.2, -0.15) is 5.10 Å². The molecule has 0 spiro atoms. The maximum Gasteiger partial charge on any atom is 0.0762 e. The third-order valence-electron chi connectivity index (χ3n) is 3.76. The van der Waals surface area contributed by atoms with Crippen molar-refractivity contribution in [3.05, 3.63) is 18.0 Å². The highest BCUT2D eigenvalue weighted by Crippen LogP contribution is 2.09. The summed E-state index contributed by atoms with van der Waals surface area (Å²) in [6.45, 7) is 15.2. The zero-order chi connectivity index (χ0) is 14.3. The van der Waals surface area contributed by atoms with E-state index in [9.17, 15) is 0 Å². The molecule has 1 aromatic heterocycles. The van der Waals surface area contributed by atoms with Crippen LogP contribution in [0.3, 0.4) is 0 Å². The third kappa shape index (κ3) is 5.33. The van der Waals surface area contributed by atoms with E-state index < -0.39 is 0 Å². The minimum absolute atomic E-state index is 0.488. The van der Waals surface area contributed by atoms with Crippen LogP contribution < -0.4 is 5.32 Å². The molecule has 2 atom stereocenters. The van der Waals surface area contributed by atoms with Gasteiger partial charge in [0.05, 0.1) is 5.69 Å². The molecule has 110 valence electrons. The van der Waals surface area contributed by atoms with Crippen LogP contribution in [0.5, 0.6) is 0 Å². The molecule has 0 saturated carbocycles. The van der Waals surface area contributed by atoms with Gasteiger partial charge in [-0.05, 0) is 39.4 Å². The highest BCUT2D eigenvalue weighted by atomic mass is 15.3. The molecular formula is C15H30N4. The summed E-state index contributed by atoms with van der Waals surface area (Å²) in [6, 6.07) is 3.10. The maximum atomic E-state index is 4.61. The fourth-order valence-electron chi connectivity index (χ4n) is 2.12. The van der Waals surface area contributed by atoms with E-state index in [0.29, 0.717) is 12.1 Å². The monoisotopic (exact) mass is 266 g/mol. The second-order valence-corrected chi connectivity index (χ2v) is 5.31. The van der Waals surface area contributed by atoms with Crippen molar-refractivity contribution in [3.8, 4) is 0 Å². The Balaban J connectivity index is 2.37. The summed E-state index contributed by atoms with van der Waals surface area (Å²) in [6.07, 6.45) is 3.20. The van der Waals surface area contributed by atoms with Crippen molar-refractivity contribution in [3.63, 3.8) is 0 Å². The summed E-state index contributed by atoms with van der Waals surface area (Å²) in [4.78, 5) is 2.44. The lowest BCUT2D eigenvalue weighted by Crippen LogP contribution is -2.38. The van der Waals surface area contributed by atoms with Crippen LogP contribution in [-0.4, -0.2) is 40.4 Å². The normalized spacial score (nSPS) is 14.8. The molecule has 4 heteroatoms. The maximum absolute atomic E-state index is 4.61. The molecule has 0 aromatic carbocycles. The van der Waals surface area contributed by atoms with Crippen LogP contribution in [-0.2, 0) is 6.54 Å². The molecule has 1 N–H and O–H groups in total. The van der Waals surface area contributed by atoms with Gasteiger partial charge in [-0.15, -0.1) is 0 Å². The smallest absolute Gasteiger partial charge is 0.0762 e. The summed E-state index contributed by atoms with van der Waals surface area (Å²) < 4.78 is 2.06. The molecule has 0 aliphatic rings. The third-order valence-corrected chi connectivity index (χ3v) is 3.76. The zero-order valence-electron chi connectivity index (χ0n) is 13.2. The molecule has 19 heavy (non-hydrogen) atoms. The van der Waals surface area contributed by atoms with E-state index in [1.165, 1.54) is 0 Å². The summed E-state index contributed by atoms with van der Waals surface area (Å²) in [5.74, 6) is 0. The molecule has 0 amide bonds. The van der Waals surface area contributed by atoms with Crippen molar-refractivity contribution in [1.82, 2.24) is 20.0 Å². The molecule has 1 rings (SSSR count). The van der Waals surface area contributed by atoms with Gasteiger partial charge in [0.2, 0.25) is 0 Å². The van der Waals surface area contributed by atoms with Crippen LogP contribution in [0.1, 0.15) is 52.8 Å². The largest absolute Gasteiger partial charge is 0.307 e. The van der Waals surface area contributed by atoms with Crippen LogP contribution in [0.4, 0.5) is 0 Å². The summed E-state index contributed by atoms with van der Waals surface area (Å²) in [5.41, 5.74) is 1.13. The molecule has 0 radical (unpaired) electrons. The number of likely N-dealkylation sites (N-methyl/N-ethyl adjacent to an activating group) is 1. The van der Waals surface area contributed by atoms with Crippen molar-refractivity contribution in [2.45, 2.75) is 59.7 Å². The molecule has 4 nitrogen and oxygen atoms in total. The Bertz CT molecular complexity index is 344. The fourth-order valence-corrected chi connectivity index (χ4v) is 2.12. The Kier molecular flexibility index (Phi) is 7.10. The zero-order valence-corrected chi connectivity index (χ0v) is 13.2. The van der Waals surface area contributed by atoms with E-state index in [0.717, 1.165) is 38.3 Å². The lowest BCUT2D eigenvalue weighted by molar-refractivity contribution is 0.270. The second kappa shape index (κ2) is 8.33. The predicted octanol–water partition coefficient (Wildman–Crippen LogP) is 2.67. The van der Waals surface area contributed by atoms with Crippen molar-refractivity contribution in [2.24, 2.45) is 0 Å². The first-order valence-corrected chi connectivity index (χ1v) is 7.60. The number of aromatic nitrogens is 2. The Morgan fingerprint density at radius 3 is 2.53 bits per heavy atom. The first-order chi connectivity index (χ1) is 9.10. The second-order valence-electron chi connectivity index (χ2n) is 5.31.